The van der Waals surface area contributed by atoms with Crippen LogP contribution in [0.2, 0.25) is 0 Å². The zero-order chi connectivity index (χ0) is 23.3. The number of aromatic nitrogens is 4. The largest absolute Gasteiger partial charge is 0.505 e. The molecule has 1 saturated heterocycles. The molecular weight excluding hydrogens is 430 g/mol. The molecule has 0 atom stereocenters. The summed E-state index contributed by atoms with van der Waals surface area (Å²) in [5.41, 5.74) is 2.01. The third kappa shape index (κ3) is 3.50. The van der Waals surface area contributed by atoms with E-state index < -0.39 is 0 Å². The minimum absolute atomic E-state index is 0.0117. The highest BCUT2D eigenvalue weighted by atomic mass is 16.3. The minimum Gasteiger partial charge on any atom is -0.505 e. The summed E-state index contributed by atoms with van der Waals surface area (Å²) >= 11 is 0. The van der Waals surface area contributed by atoms with Crippen molar-refractivity contribution in [1.82, 2.24) is 24.4 Å². The number of piperazine rings is 1. The fourth-order valence-electron chi connectivity index (χ4n) is 5.91. The van der Waals surface area contributed by atoms with Gasteiger partial charge in [-0.15, -0.1) is 0 Å². The highest BCUT2D eigenvalue weighted by Gasteiger charge is 2.43. The molecule has 0 unspecified atom stereocenters. The number of fused-ring (bicyclic) bond motifs is 4. The number of hydrogen-bond acceptors (Lipinski definition) is 8. The van der Waals surface area contributed by atoms with E-state index in [0.29, 0.717) is 34.9 Å². The maximum atomic E-state index is 12.8. The lowest BCUT2D eigenvalue weighted by atomic mass is 9.75. The standard InChI is InChI=1S/C25H31N7O2/c1-30-11-13-31(14-12-30)17-5-6-20(26-15-17)28-24-27-16-18-22(34)21-19(33)7-10-25(8-3-2-4-9-25)32(21)23(18)29-24/h5-6,15-16,34H,2-4,7-14H2,1H3,(H,26,27,28,29). The highest BCUT2D eigenvalue weighted by Crippen LogP contribution is 2.48. The Morgan fingerprint density at radius 1 is 1.00 bits per heavy atom. The summed E-state index contributed by atoms with van der Waals surface area (Å²) in [7, 11) is 2.15. The van der Waals surface area contributed by atoms with Crippen LogP contribution in [-0.4, -0.2) is 68.5 Å². The predicted molar refractivity (Wildman–Crippen MR) is 131 cm³/mol. The van der Waals surface area contributed by atoms with Gasteiger partial charge in [0.05, 0.1) is 17.3 Å². The molecule has 34 heavy (non-hydrogen) atoms. The van der Waals surface area contributed by atoms with Gasteiger partial charge in [-0.05, 0) is 38.4 Å². The van der Waals surface area contributed by atoms with Gasteiger partial charge in [-0.2, -0.15) is 4.98 Å². The van der Waals surface area contributed by atoms with Crippen molar-refractivity contribution in [3.8, 4) is 5.75 Å². The zero-order valence-electron chi connectivity index (χ0n) is 19.6. The first-order valence-electron chi connectivity index (χ1n) is 12.3. The molecule has 2 fully saturated rings. The van der Waals surface area contributed by atoms with Gasteiger partial charge < -0.3 is 24.8 Å². The van der Waals surface area contributed by atoms with E-state index >= 15 is 0 Å². The number of hydrogen-bond donors (Lipinski definition) is 2. The van der Waals surface area contributed by atoms with Gasteiger partial charge in [0.15, 0.2) is 17.2 Å². The molecule has 6 rings (SSSR count). The number of likely N-dealkylation sites (N-methyl/N-ethyl adjacent to an activating group) is 1. The van der Waals surface area contributed by atoms with Crippen LogP contribution < -0.4 is 10.2 Å². The number of carbonyl (C=O) groups excluding carboxylic acids is 1. The fourth-order valence-corrected chi connectivity index (χ4v) is 5.91. The van der Waals surface area contributed by atoms with Crippen molar-refractivity contribution >= 4 is 34.3 Å². The van der Waals surface area contributed by atoms with Gasteiger partial charge in [0.25, 0.3) is 0 Å². The smallest absolute Gasteiger partial charge is 0.230 e. The molecule has 9 heteroatoms. The lowest BCUT2D eigenvalue weighted by Gasteiger charge is -2.42. The summed E-state index contributed by atoms with van der Waals surface area (Å²) in [6.45, 7) is 4.08. The first-order valence-corrected chi connectivity index (χ1v) is 12.3. The van der Waals surface area contributed by atoms with Crippen molar-refractivity contribution < 1.29 is 9.90 Å². The molecule has 3 aliphatic rings. The normalized spacial score (nSPS) is 20.6. The monoisotopic (exact) mass is 461 g/mol. The van der Waals surface area contributed by atoms with Gasteiger partial charge in [0, 0.05) is 44.3 Å². The maximum absolute atomic E-state index is 12.8. The van der Waals surface area contributed by atoms with Crippen LogP contribution in [0.5, 0.6) is 5.75 Å². The van der Waals surface area contributed by atoms with Crippen LogP contribution in [0.1, 0.15) is 55.4 Å². The number of nitrogens with one attached hydrogen (secondary N) is 1. The van der Waals surface area contributed by atoms with Crippen LogP contribution in [-0.2, 0) is 5.54 Å². The number of anilines is 3. The summed E-state index contributed by atoms with van der Waals surface area (Å²) in [5.74, 6) is 1.08. The van der Waals surface area contributed by atoms with Crippen molar-refractivity contribution in [3.05, 3.63) is 30.2 Å². The topological polar surface area (TPSA) is 99.4 Å². The minimum atomic E-state index is -0.144. The molecule has 2 aliphatic heterocycles. The summed E-state index contributed by atoms with van der Waals surface area (Å²) in [4.78, 5) is 31.3. The Labute approximate surface area is 198 Å². The van der Waals surface area contributed by atoms with E-state index in [1.807, 2.05) is 16.8 Å². The van der Waals surface area contributed by atoms with Gasteiger partial charge in [-0.25, -0.2) is 9.97 Å². The lowest BCUT2D eigenvalue weighted by molar-refractivity contribution is 0.0847. The van der Waals surface area contributed by atoms with Crippen LogP contribution in [0.25, 0.3) is 11.0 Å². The average molecular weight is 462 g/mol. The SMILES string of the molecule is CN1CCN(c2ccc(Nc3ncc4c(O)c5n(c4n3)C3(CCCCC3)CCC5=O)nc2)CC1. The van der Waals surface area contributed by atoms with Crippen molar-refractivity contribution in [3.63, 3.8) is 0 Å². The van der Waals surface area contributed by atoms with Crippen LogP contribution in [0.3, 0.4) is 0 Å². The third-order valence-corrected chi connectivity index (χ3v) is 7.88. The molecule has 0 aromatic carbocycles. The van der Waals surface area contributed by atoms with E-state index in [1.54, 1.807) is 6.20 Å². The molecule has 0 radical (unpaired) electrons. The molecule has 1 aliphatic carbocycles. The molecule has 2 N–H and O–H groups in total. The Kier molecular flexibility index (Phi) is 5.17. The lowest BCUT2D eigenvalue weighted by Crippen LogP contribution is -2.44. The number of Topliss-reactive ketones (excluding diaryl/α,β-unsaturated/α-hetero) is 1. The van der Waals surface area contributed by atoms with Crippen molar-refractivity contribution in [2.24, 2.45) is 0 Å². The first-order chi connectivity index (χ1) is 16.5. The zero-order valence-corrected chi connectivity index (χ0v) is 19.6. The van der Waals surface area contributed by atoms with E-state index in [1.165, 1.54) is 6.42 Å². The second-order valence-electron chi connectivity index (χ2n) is 9.99. The Balaban J connectivity index is 1.32. The fraction of sp³-hybridized carbons (Fsp3) is 0.520. The molecule has 1 spiro atoms. The summed E-state index contributed by atoms with van der Waals surface area (Å²) in [6, 6.07) is 4.01. The first kappa shape index (κ1) is 21.3. The molecule has 1 saturated carbocycles. The van der Waals surface area contributed by atoms with Gasteiger partial charge in [0.2, 0.25) is 5.95 Å². The third-order valence-electron chi connectivity index (χ3n) is 7.88. The van der Waals surface area contributed by atoms with E-state index in [2.05, 4.69) is 38.2 Å². The number of ketones is 1. The summed E-state index contributed by atoms with van der Waals surface area (Å²) < 4.78 is 2.04. The summed E-state index contributed by atoms with van der Waals surface area (Å²) in [6.07, 6.45) is 10.3. The molecular formula is C25H31N7O2. The van der Waals surface area contributed by atoms with E-state index in [4.69, 9.17) is 4.98 Å². The number of carbonyl (C=O) groups is 1. The Morgan fingerprint density at radius 3 is 2.53 bits per heavy atom. The van der Waals surface area contributed by atoms with E-state index in [9.17, 15) is 9.90 Å². The quantitative estimate of drug-likeness (QED) is 0.610. The van der Waals surface area contributed by atoms with E-state index in [-0.39, 0.29) is 17.1 Å². The van der Waals surface area contributed by atoms with Crippen LogP contribution in [0, 0.1) is 0 Å². The van der Waals surface area contributed by atoms with Crippen LogP contribution >= 0.6 is 0 Å². The molecule has 0 amide bonds. The predicted octanol–water partition coefficient (Wildman–Crippen LogP) is 3.66. The number of pyridine rings is 1. The van der Waals surface area contributed by atoms with Crippen molar-refractivity contribution in [1.29, 1.82) is 0 Å². The molecule has 178 valence electrons. The van der Waals surface area contributed by atoms with Gasteiger partial charge in [0.1, 0.15) is 11.5 Å². The maximum Gasteiger partial charge on any atom is 0.230 e. The molecule has 3 aromatic heterocycles. The molecule has 5 heterocycles. The van der Waals surface area contributed by atoms with Crippen molar-refractivity contribution in [2.45, 2.75) is 50.5 Å². The number of rotatable bonds is 3. The number of nitrogens with zero attached hydrogens (tertiary/aromatic N) is 6. The number of aromatic hydroxyl groups is 1. The van der Waals surface area contributed by atoms with Crippen LogP contribution in [0.15, 0.2) is 24.5 Å². The molecule has 9 nitrogen and oxygen atoms in total. The summed E-state index contributed by atoms with van der Waals surface area (Å²) in [5, 5.41) is 14.7. The second-order valence-corrected chi connectivity index (χ2v) is 9.99. The van der Waals surface area contributed by atoms with Crippen LogP contribution in [0.4, 0.5) is 17.5 Å². The Bertz CT molecular complexity index is 1220. The Morgan fingerprint density at radius 2 is 1.79 bits per heavy atom. The highest BCUT2D eigenvalue weighted by molar-refractivity contribution is 6.05. The molecule has 0 bridgehead atoms. The Hall–Kier alpha value is -3.20. The second kappa shape index (κ2) is 8.23. The van der Waals surface area contributed by atoms with Gasteiger partial charge in [-0.1, -0.05) is 19.3 Å². The molecule has 3 aromatic rings. The van der Waals surface area contributed by atoms with Crippen molar-refractivity contribution in [2.75, 3.05) is 43.4 Å². The van der Waals surface area contributed by atoms with Gasteiger partial charge in [-0.3, -0.25) is 4.79 Å². The average Bonchev–Trinajstić information content (AvgIpc) is 3.17. The van der Waals surface area contributed by atoms with E-state index in [0.717, 1.165) is 64.0 Å². The van der Waals surface area contributed by atoms with Gasteiger partial charge >= 0.3 is 0 Å².